The minimum atomic E-state index is 0. The molecule has 1 aliphatic carbocycles. The molecule has 2 rings (SSSR count). The summed E-state index contributed by atoms with van der Waals surface area (Å²) < 4.78 is 6.06. The monoisotopic (exact) mass is 463 g/mol. The normalized spacial score (nSPS) is 15.5. The van der Waals surface area contributed by atoms with Crippen LogP contribution in [0.15, 0.2) is 29.3 Å². The smallest absolute Gasteiger partial charge is 0.191 e. The second-order valence-corrected chi connectivity index (χ2v) is 6.85. The molecule has 2 N–H and O–H groups in total. The number of nitrogens with one attached hydrogen (secondary N) is 2. The third kappa shape index (κ3) is 7.96. The van der Waals surface area contributed by atoms with Gasteiger partial charge in [0.15, 0.2) is 5.96 Å². The van der Waals surface area contributed by atoms with E-state index in [9.17, 15) is 0 Å². The first kappa shape index (κ1) is 21.4. The minimum Gasteiger partial charge on any atom is -0.490 e. The van der Waals surface area contributed by atoms with Crippen LogP contribution in [0.2, 0.25) is 0 Å². The van der Waals surface area contributed by atoms with Gasteiger partial charge in [0.05, 0.1) is 6.10 Å². The molecule has 1 saturated carbocycles. The highest BCUT2D eigenvalue weighted by atomic mass is 127. The maximum Gasteiger partial charge on any atom is 0.191 e. The number of benzene rings is 1. The molecule has 1 aromatic carbocycles. The molecular formula is C18H30IN3OS. The molecule has 136 valence electrons. The Morgan fingerprint density at radius 3 is 2.50 bits per heavy atom. The van der Waals surface area contributed by atoms with Crippen LogP contribution in [0.5, 0.6) is 5.75 Å². The van der Waals surface area contributed by atoms with E-state index in [1.54, 1.807) is 7.05 Å². The average Bonchev–Trinajstić information content (AvgIpc) is 2.60. The van der Waals surface area contributed by atoms with Crippen molar-refractivity contribution in [2.45, 2.75) is 44.8 Å². The number of hydrogen-bond donors (Lipinski definition) is 2. The van der Waals surface area contributed by atoms with E-state index in [2.05, 4.69) is 46.1 Å². The first-order valence-electron chi connectivity index (χ1n) is 8.51. The Morgan fingerprint density at radius 1 is 1.17 bits per heavy atom. The van der Waals surface area contributed by atoms with Gasteiger partial charge in [0.2, 0.25) is 0 Å². The van der Waals surface area contributed by atoms with Gasteiger partial charge in [-0.1, -0.05) is 18.6 Å². The van der Waals surface area contributed by atoms with Crippen molar-refractivity contribution in [1.29, 1.82) is 0 Å². The zero-order chi connectivity index (χ0) is 16.3. The summed E-state index contributed by atoms with van der Waals surface area (Å²) in [7, 11) is 1.80. The lowest BCUT2D eigenvalue weighted by Crippen LogP contribution is -2.37. The molecule has 0 heterocycles. The lowest BCUT2D eigenvalue weighted by Gasteiger charge is -2.23. The van der Waals surface area contributed by atoms with Gasteiger partial charge in [-0.15, -0.1) is 24.0 Å². The van der Waals surface area contributed by atoms with Crippen LogP contribution in [0.3, 0.4) is 0 Å². The highest BCUT2D eigenvalue weighted by Crippen LogP contribution is 2.23. The molecule has 1 fully saturated rings. The van der Waals surface area contributed by atoms with Gasteiger partial charge < -0.3 is 15.4 Å². The number of rotatable bonds is 7. The summed E-state index contributed by atoms with van der Waals surface area (Å²) in [4.78, 5) is 4.23. The Kier molecular flexibility index (Phi) is 11.3. The van der Waals surface area contributed by atoms with E-state index in [1.807, 2.05) is 11.8 Å². The van der Waals surface area contributed by atoms with Crippen molar-refractivity contribution >= 4 is 41.7 Å². The molecule has 0 bridgehead atoms. The predicted molar refractivity (Wildman–Crippen MR) is 116 cm³/mol. The van der Waals surface area contributed by atoms with E-state index in [-0.39, 0.29) is 24.0 Å². The Labute approximate surface area is 167 Å². The Balaban J connectivity index is 0.00000288. The largest absolute Gasteiger partial charge is 0.490 e. The number of hydrogen-bond acceptors (Lipinski definition) is 3. The summed E-state index contributed by atoms with van der Waals surface area (Å²) in [5.41, 5.74) is 1.23. The van der Waals surface area contributed by atoms with Crippen molar-refractivity contribution < 1.29 is 4.74 Å². The lowest BCUT2D eigenvalue weighted by molar-refractivity contribution is 0.155. The fraction of sp³-hybridized carbons (Fsp3) is 0.611. The molecule has 0 aromatic heterocycles. The molecule has 0 unspecified atom stereocenters. The lowest BCUT2D eigenvalue weighted by atomic mass is 9.98. The molecule has 6 heteroatoms. The van der Waals surface area contributed by atoms with E-state index >= 15 is 0 Å². The molecule has 0 spiro atoms. The van der Waals surface area contributed by atoms with E-state index in [0.717, 1.165) is 30.6 Å². The molecule has 0 radical (unpaired) electrons. The summed E-state index contributed by atoms with van der Waals surface area (Å²) in [5, 5.41) is 6.63. The highest BCUT2D eigenvalue weighted by Gasteiger charge is 2.14. The van der Waals surface area contributed by atoms with Crippen LogP contribution in [-0.4, -0.2) is 37.7 Å². The van der Waals surface area contributed by atoms with Gasteiger partial charge in [0, 0.05) is 25.9 Å². The van der Waals surface area contributed by atoms with Crippen molar-refractivity contribution in [3.05, 3.63) is 29.8 Å². The number of guanidine groups is 1. The van der Waals surface area contributed by atoms with Crippen molar-refractivity contribution in [2.75, 3.05) is 25.6 Å². The van der Waals surface area contributed by atoms with E-state index in [4.69, 9.17) is 4.74 Å². The summed E-state index contributed by atoms with van der Waals surface area (Å²) in [6.45, 7) is 1.69. The first-order valence-corrected chi connectivity index (χ1v) is 9.90. The van der Waals surface area contributed by atoms with Crippen LogP contribution in [0.25, 0.3) is 0 Å². The third-order valence-electron chi connectivity index (χ3n) is 4.06. The van der Waals surface area contributed by atoms with Gasteiger partial charge in [-0.05, 0) is 49.6 Å². The summed E-state index contributed by atoms with van der Waals surface area (Å²) in [6, 6.07) is 8.41. The zero-order valence-corrected chi connectivity index (χ0v) is 17.9. The van der Waals surface area contributed by atoms with Gasteiger partial charge >= 0.3 is 0 Å². The molecule has 0 atom stereocenters. The molecule has 0 amide bonds. The minimum absolute atomic E-state index is 0. The van der Waals surface area contributed by atoms with Crippen LogP contribution in [-0.2, 0) is 6.54 Å². The number of ether oxygens (including phenoxy) is 1. The Hall–Kier alpha value is -0.630. The van der Waals surface area contributed by atoms with Crippen LogP contribution in [0.1, 0.15) is 37.7 Å². The maximum atomic E-state index is 6.06. The van der Waals surface area contributed by atoms with E-state index in [0.29, 0.717) is 6.10 Å². The number of thioether (sulfide) groups is 1. The van der Waals surface area contributed by atoms with E-state index in [1.165, 1.54) is 37.7 Å². The first-order chi connectivity index (χ1) is 11.3. The van der Waals surface area contributed by atoms with Crippen LogP contribution in [0.4, 0.5) is 0 Å². The van der Waals surface area contributed by atoms with Crippen molar-refractivity contribution in [1.82, 2.24) is 10.6 Å². The van der Waals surface area contributed by atoms with Gasteiger partial charge in [0.1, 0.15) is 5.75 Å². The van der Waals surface area contributed by atoms with Crippen molar-refractivity contribution in [2.24, 2.45) is 4.99 Å². The molecule has 0 aliphatic heterocycles. The van der Waals surface area contributed by atoms with Crippen LogP contribution >= 0.6 is 35.7 Å². The van der Waals surface area contributed by atoms with Crippen molar-refractivity contribution in [3.63, 3.8) is 0 Å². The van der Waals surface area contributed by atoms with Gasteiger partial charge in [-0.2, -0.15) is 11.8 Å². The average molecular weight is 463 g/mol. The van der Waals surface area contributed by atoms with Crippen LogP contribution in [0, 0.1) is 0 Å². The molecule has 24 heavy (non-hydrogen) atoms. The van der Waals surface area contributed by atoms with Crippen LogP contribution < -0.4 is 15.4 Å². The molecule has 1 aliphatic rings. The SMILES string of the molecule is CN=C(NCCSC)NCc1ccc(OC2CCCCC2)cc1.I. The molecule has 0 saturated heterocycles. The Morgan fingerprint density at radius 2 is 1.88 bits per heavy atom. The molecule has 1 aromatic rings. The van der Waals surface area contributed by atoms with E-state index < -0.39 is 0 Å². The van der Waals surface area contributed by atoms with Gasteiger partial charge in [-0.25, -0.2) is 0 Å². The second kappa shape index (κ2) is 12.7. The standard InChI is InChI=1S/C18H29N3OS.HI/c1-19-18(20-12-13-23-2)21-14-15-8-10-17(11-9-15)22-16-6-4-3-5-7-16;/h8-11,16H,3-7,12-14H2,1-2H3,(H2,19,20,21);1H. The number of halogens is 1. The highest BCUT2D eigenvalue weighted by molar-refractivity contribution is 14.0. The van der Waals surface area contributed by atoms with Gasteiger partial charge in [-0.3, -0.25) is 4.99 Å². The number of aliphatic imine (C=N–C) groups is 1. The summed E-state index contributed by atoms with van der Waals surface area (Å²) in [5.74, 6) is 2.91. The van der Waals surface area contributed by atoms with Crippen molar-refractivity contribution in [3.8, 4) is 5.75 Å². The van der Waals surface area contributed by atoms with Gasteiger partial charge in [0.25, 0.3) is 0 Å². The third-order valence-corrected chi connectivity index (χ3v) is 4.67. The molecular weight excluding hydrogens is 433 g/mol. The maximum absolute atomic E-state index is 6.06. The quantitative estimate of drug-likeness (QED) is 0.277. The fourth-order valence-corrected chi connectivity index (χ4v) is 3.05. The second-order valence-electron chi connectivity index (χ2n) is 5.87. The Bertz CT molecular complexity index is 476. The predicted octanol–water partition coefficient (Wildman–Crippen LogP) is 4.04. The summed E-state index contributed by atoms with van der Waals surface area (Å²) in [6.07, 6.45) is 8.87. The molecule has 4 nitrogen and oxygen atoms in total. The zero-order valence-electron chi connectivity index (χ0n) is 14.7. The topological polar surface area (TPSA) is 45.7 Å². The number of nitrogens with zero attached hydrogens (tertiary/aromatic N) is 1. The fourth-order valence-electron chi connectivity index (χ4n) is 2.74. The summed E-state index contributed by atoms with van der Waals surface area (Å²) >= 11 is 1.83.